The molecule has 0 unspecified atom stereocenters. The highest BCUT2D eigenvalue weighted by Crippen LogP contribution is 2.32. The third-order valence-corrected chi connectivity index (χ3v) is 4.82. The van der Waals surface area contributed by atoms with Gasteiger partial charge in [0.1, 0.15) is 10.9 Å². The van der Waals surface area contributed by atoms with Gasteiger partial charge in [-0.05, 0) is 30.2 Å². The highest BCUT2D eigenvalue weighted by Gasteiger charge is 2.33. The second-order valence-corrected chi connectivity index (χ2v) is 7.26. The van der Waals surface area contributed by atoms with Gasteiger partial charge in [-0.15, -0.1) is 0 Å². The summed E-state index contributed by atoms with van der Waals surface area (Å²) >= 11 is 9.80. The third kappa shape index (κ3) is 4.41. The molecule has 7 heteroatoms. The first-order valence-electron chi connectivity index (χ1n) is 6.79. The van der Waals surface area contributed by atoms with E-state index in [1.807, 2.05) is 31.2 Å². The van der Waals surface area contributed by atoms with Crippen LogP contribution in [0.2, 0.25) is 0 Å². The second-order valence-electron chi connectivity index (χ2n) is 4.67. The summed E-state index contributed by atoms with van der Waals surface area (Å²) < 4.78 is 1.39. The SMILES string of the molecule is CCCNC(=O)CN1C(=O)/C(=C\c2ccc(Br)cc2)SC1=S. The van der Waals surface area contributed by atoms with Gasteiger partial charge in [0.2, 0.25) is 5.91 Å². The summed E-state index contributed by atoms with van der Waals surface area (Å²) in [5, 5.41) is 2.74. The molecule has 0 aromatic heterocycles. The van der Waals surface area contributed by atoms with Crippen molar-refractivity contribution in [2.24, 2.45) is 0 Å². The Kier molecular flexibility index (Phi) is 6.16. The van der Waals surface area contributed by atoms with E-state index in [-0.39, 0.29) is 18.4 Å². The van der Waals surface area contributed by atoms with E-state index in [1.54, 1.807) is 6.08 Å². The molecule has 4 nitrogen and oxygen atoms in total. The van der Waals surface area contributed by atoms with Crippen LogP contribution in [0.25, 0.3) is 6.08 Å². The van der Waals surface area contributed by atoms with Crippen LogP contribution in [0.5, 0.6) is 0 Å². The molecule has 1 N–H and O–H groups in total. The minimum absolute atomic E-state index is 0.0255. The molecule has 1 heterocycles. The fourth-order valence-electron chi connectivity index (χ4n) is 1.81. The van der Waals surface area contributed by atoms with Crippen LogP contribution in [0, 0.1) is 0 Å². The largest absolute Gasteiger partial charge is 0.355 e. The summed E-state index contributed by atoms with van der Waals surface area (Å²) in [7, 11) is 0. The molecule has 2 rings (SSSR count). The maximum absolute atomic E-state index is 12.4. The quantitative estimate of drug-likeness (QED) is 0.611. The zero-order chi connectivity index (χ0) is 16.1. The predicted molar refractivity (Wildman–Crippen MR) is 97.3 cm³/mol. The van der Waals surface area contributed by atoms with E-state index >= 15 is 0 Å². The average Bonchev–Trinajstić information content (AvgIpc) is 2.75. The van der Waals surface area contributed by atoms with Crippen LogP contribution in [0.3, 0.4) is 0 Å². The Balaban J connectivity index is 2.08. The normalized spacial score (nSPS) is 16.5. The predicted octanol–water partition coefficient (Wildman–Crippen LogP) is 3.18. The van der Waals surface area contributed by atoms with Gasteiger partial charge in [0.05, 0.1) is 4.91 Å². The number of rotatable bonds is 5. The summed E-state index contributed by atoms with van der Waals surface area (Å²) in [5.41, 5.74) is 0.916. The van der Waals surface area contributed by atoms with Crippen LogP contribution in [0.4, 0.5) is 0 Å². The number of amides is 2. The summed E-state index contributed by atoms with van der Waals surface area (Å²) in [6.45, 7) is 2.55. The van der Waals surface area contributed by atoms with Crippen molar-refractivity contribution < 1.29 is 9.59 Å². The molecule has 0 radical (unpaired) electrons. The molecule has 0 spiro atoms. The van der Waals surface area contributed by atoms with E-state index in [1.165, 1.54) is 16.7 Å². The van der Waals surface area contributed by atoms with Crippen molar-refractivity contribution in [2.75, 3.05) is 13.1 Å². The number of hydrogen-bond donors (Lipinski definition) is 1. The van der Waals surface area contributed by atoms with E-state index in [0.29, 0.717) is 15.8 Å². The molecule has 0 aliphatic carbocycles. The van der Waals surface area contributed by atoms with E-state index in [4.69, 9.17) is 12.2 Å². The van der Waals surface area contributed by atoms with Gasteiger partial charge in [-0.3, -0.25) is 14.5 Å². The third-order valence-electron chi connectivity index (χ3n) is 2.92. The topological polar surface area (TPSA) is 49.4 Å². The number of carbonyl (C=O) groups excluding carboxylic acids is 2. The molecule has 22 heavy (non-hydrogen) atoms. The molecule has 1 aliphatic rings. The highest BCUT2D eigenvalue weighted by molar-refractivity contribution is 9.10. The maximum Gasteiger partial charge on any atom is 0.266 e. The second kappa shape index (κ2) is 7.89. The van der Waals surface area contributed by atoms with Crippen LogP contribution in [0.1, 0.15) is 18.9 Å². The number of benzene rings is 1. The number of nitrogens with zero attached hydrogens (tertiary/aromatic N) is 1. The molecule has 0 bridgehead atoms. The molecular formula is C15H15BrN2O2S2. The molecule has 0 atom stereocenters. The number of thioether (sulfide) groups is 1. The standard InChI is InChI=1S/C15H15BrN2O2S2/c1-2-7-17-13(19)9-18-14(20)12(22-15(18)21)8-10-3-5-11(16)6-4-10/h3-6,8H,2,7,9H2,1H3,(H,17,19)/b12-8+. The Morgan fingerprint density at radius 1 is 1.41 bits per heavy atom. The van der Waals surface area contributed by atoms with Gasteiger partial charge in [0.25, 0.3) is 5.91 Å². The van der Waals surface area contributed by atoms with E-state index in [2.05, 4.69) is 21.2 Å². The van der Waals surface area contributed by atoms with Crippen LogP contribution in [-0.4, -0.2) is 34.1 Å². The molecule has 0 saturated carbocycles. The fourth-order valence-corrected chi connectivity index (χ4v) is 3.33. The summed E-state index contributed by atoms with van der Waals surface area (Å²) in [6.07, 6.45) is 2.64. The Morgan fingerprint density at radius 2 is 2.09 bits per heavy atom. The Hall–Kier alpha value is -1.18. The number of hydrogen-bond acceptors (Lipinski definition) is 4. The van der Waals surface area contributed by atoms with Gasteiger partial charge < -0.3 is 5.32 Å². The van der Waals surface area contributed by atoms with Crippen molar-refractivity contribution in [3.8, 4) is 0 Å². The van der Waals surface area contributed by atoms with Gasteiger partial charge >= 0.3 is 0 Å². The molecular weight excluding hydrogens is 384 g/mol. The minimum Gasteiger partial charge on any atom is -0.355 e. The lowest BCUT2D eigenvalue weighted by atomic mass is 10.2. The lowest BCUT2D eigenvalue weighted by molar-refractivity contribution is -0.128. The lowest BCUT2D eigenvalue weighted by Crippen LogP contribution is -2.39. The van der Waals surface area contributed by atoms with Crippen molar-refractivity contribution in [3.05, 3.63) is 39.2 Å². The fraction of sp³-hybridized carbons (Fsp3) is 0.267. The van der Waals surface area contributed by atoms with Gasteiger partial charge in [0.15, 0.2) is 0 Å². The summed E-state index contributed by atoms with van der Waals surface area (Å²) in [4.78, 5) is 26.0. The van der Waals surface area contributed by atoms with Crippen LogP contribution in [-0.2, 0) is 9.59 Å². The summed E-state index contributed by atoms with van der Waals surface area (Å²) in [5.74, 6) is -0.410. The number of carbonyl (C=O) groups is 2. The van der Waals surface area contributed by atoms with Crippen molar-refractivity contribution in [3.63, 3.8) is 0 Å². The lowest BCUT2D eigenvalue weighted by Gasteiger charge is -2.13. The van der Waals surface area contributed by atoms with E-state index in [9.17, 15) is 9.59 Å². The molecule has 1 fully saturated rings. The van der Waals surface area contributed by atoms with Crippen molar-refractivity contribution in [1.82, 2.24) is 10.2 Å². The average molecular weight is 399 g/mol. The van der Waals surface area contributed by atoms with E-state index in [0.717, 1.165) is 16.5 Å². The number of thiocarbonyl (C=S) groups is 1. The minimum atomic E-state index is -0.218. The molecule has 1 aromatic carbocycles. The first kappa shape index (κ1) is 17.2. The van der Waals surface area contributed by atoms with Gasteiger partial charge in [-0.25, -0.2) is 0 Å². The highest BCUT2D eigenvalue weighted by atomic mass is 79.9. The van der Waals surface area contributed by atoms with Crippen LogP contribution in [0.15, 0.2) is 33.6 Å². The van der Waals surface area contributed by atoms with Crippen LogP contribution >= 0.6 is 39.9 Å². The Morgan fingerprint density at radius 3 is 2.73 bits per heavy atom. The van der Waals surface area contributed by atoms with E-state index < -0.39 is 0 Å². The maximum atomic E-state index is 12.4. The molecule has 116 valence electrons. The summed E-state index contributed by atoms with van der Waals surface area (Å²) in [6, 6.07) is 7.63. The van der Waals surface area contributed by atoms with Gasteiger partial charge in [-0.1, -0.05) is 59.0 Å². The van der Waals surface area contributed by atoms with Crippen molar-refractivity contribution >= 4 is 62.1 Å². The smallest absolute Gasteiger partial charge is 0.266 e. The van der Waals surface area contributed by atoms with Crippen molar-refractivity contribution in [1.29, 1.82) is 0 Å². The zero-order valence-corrected chi connectivity index (χ0v) is 15.2. The number of nitrogens with one attached hydrogen (secondary N) is 1. The van der Waals surface area contributed by atoms with Gasteiger partial charge in [0, 0.05) is 11.0 Å². The number of halogens is 1. The van der Waals surface area contributed by atoms with Crippen LogP contribution < -0.4 is 5.32 Å². The molecule has 1 saturated heterocycles. The van der Waals surface area contributed by atoms with Gasteiger partial charge in [-0.2, -0.15) is 0 Å². The molecule has 2 amide bonds. The Bertz CT molecular complexity index is 629. The van der Waals surface area contributed by atoms with Crippen molar-refractivity contribution in [2.45, 2.75) is 13.3 Å². The Labute approximate surface area is 147 Å². The monoisotopic (exact) mass is 398 g/mol. The zero-order valence-electron chi connectivity index (χ0n) is 12.0. The molecule has 1 aromatic rings. The first-order valence-corrected chi connectivity index (χ1v) is 8.80. The molecule has 1 aliphatic heterocycles. The first-order chi connectivity index (χ1) is 10.5.